The molecule has 170 valence electrons. The standard InChI is InChI=1S/C25H34N6O/c1-4-12-27-25(32)9-8-21-18(2)28-24-16-22(29-31(24)19(21)3)23-7-5-6-15-30(23)17-20-10-13-26-14-11-20/h10-11,13-14,16,23H,4-9,12,15,17H2,1-3H3,(H,27,32)/t23-/m0/s1. The summed E-state index contributed by atoms with van der Waals surface area (Å²) in [5.74, 6) is 0.0980. The maximum absolute atomic E-state index is 12.1. The lowest BCUT2D eigenvalue weighted by atomic mass is 9.98. The predicted molar refractivity (Wildman–Crippen MR) is 125 cm³/mol. The van der Waals surface area contributed by atoms with Crippen molar-refractivity contribution >= 4 is 11.6 Å². The molecule has 7 nitrogen and oxygen atoms in total. The molecule has 4 rings (SSSR count). The summed E-state index contributed by atoms with van der Waals surface area (Å²) < 4.78 is 1.97. The van der Waals surface area contributed by atoms with E-state index in [0.29, 0.717) is 18.9 Å². The Morgan fingerprint density at radius 2 is 2.03 bits per heavy atom. The molecule has 7 heteroatoms. The van der Waals surface area contributed by atoms with Crippen LogP contribution in [0.1, 0.15) is 73.3 Å². The number of fused-ring (bicyclic) bond motifs is 1. The molecular formula is C25H34N6O. The molecule has 1 fully saturated rings. The predicted octanol–water partition coefficient (Wildman–Crippen LogP) is 3.93. The fourth-order valence-electron chi connectivity index (χ4n) is 4.70. The van der Waals surface area contributed by atoms with Gasteiger partial charge in [0, 0.05) is 49.4 Å². The molecule has 32 heavy (non-hydrogen) atoms. The lowest BCUT2D eigenvalue weighted by Crippen LogP contribution is -2.33. The third-order valence-electron chi connectivity index (χ3n) is 6.45. The highest BCUT2D eigenvalue weighted by Gasteiger charge is 2.27. The van der Waals surface area contributed by atoms with E-state index < -0.39 is 0 Å². The van der Waals surface area contributed by atoms with Crippen LogP contribution in [-0.2, 0) is 17.8 Å². The van der Waals surface area contributed by atoms with Crippen molar-refractivity contribution in [2.75, 3.05) is 13.1 Å². The highest BCUT2D eigenvalue weighted by atomic mass is 16.1. The minimum absolute atomic E-state index is 0.0980. The van der Waals surface area contributed by atoms with Crippen molar-refractivity contribution < 1.29 is 4.79 Å². The number of rotatable bonds is 8. The number of aryl methyl sites for hydroxylation is 2. The Hall–Kier alpha value is -2.80. The van der Waals surface area contributed by atoms with Gasteiger partial charge in [-0.1, -0.05) is 13.3 Å². The number of pyridine rings is 1. The minimum atomic E-state index is 0.0980. The average Bonchev–Trinajstić information content (AvgIpc) is 3.22. The first-order valence-corrected chi connectivity index (χ1v) is 11.8. The summed E-state index contributed by atoms with van der Waals surface area (Å²) in [6, 6.07) is 6.62. The highest BCUT2D eigenvalue weighted by Crippen LogP contribution is 2.32. The van der Waals surface area contributed by atoms with Crippen LogP contribution >= 0.6 is 0 Å². The van der Waals surface area contributed by atoms with Crippen LogP contribution in [0.25, 0.3) is 5.65 Å². The summed E-state index contributed by atoms with van der Waals surface area (Å²) >= 11 is 0. The van der Waals surface area contributed by atoms with Gasteiger partial charge in [-0.15, -0.1) is 0 Å². The van der Waals surface area contributed by atoms with Crippen LogP contribution in [0.3, 0.4) is 0 Å². The molecule has 0 aliphatic carbocycles. The number of hydrogen-bond acceptors (Lipinski definition) is 5. The van der Waals surface area contributed by atoms with E-state index in [2.05, 4.69) is 47.2 Å². The molecule has 1 aliphatic rings. The molecule has 0 aromatic carbocycles. The molecule has 0 bridgehead atoms. The molecule has 1 amide bonds. The van der Waals surface area contributed by atoms with Crippen LogP contribution in [0.15, 0.2) is 30.6 Å². The molecule has 1 atom stereocenters. The van der Waals surface area contributed by atoms with E-state index >= 15 is 0 Å². The number of aromatic nitrogens is 4. The Labute approximate surface area is 190 Å². The fraction of sp³-hybridized carbons (Fsp3) is 0.520. The third kappa shape index (κ3) is 4.99. The van der Waals surface area contributed by atoms with E-state index in [1.165, 1.54) is 18.4 Å². The van der Waals surface area contributed by atoms with Crippen LogP contribution in [0.4, 0.5) is 0 Å². The molecule has 3 aromatic heterocycles. The van der Waals surface area contributed by atoms with Crippen molar-refractivity contribution in [3.63, 3.8) is 0 Å². The minimum Gasteiger partial charge on any atom is -0.356 e. The zero-order chi connectivity index (χ0) is 22.5. The molecule has 4 heterocycles. The van der Waals surface area contributed by atoms with Crippen molar-refractivity contribution in [2.45, 2.75) is 71.9 Å². The lowest BCUT2D eigenvalue weighted by Gasteiger charge is -2.34. The van der Waals surface area contributed by atoms with Crippen LogP contribution in [0.5, 0.6) is 0 Å². The van der Waals surface area contributed by atoms with Gasteiger partial charge in [-0.3, -0.25) is 14.7 Å². The molecular weight excluding hydrogens is 400 g/mol. The second-order valence-corrected chi connectivity index (χ2v) is 8.79. The molecule has 0 saturated carbocycles. The van der Waals surface area contributed by atoms with Gasteiger partial charge in [0.1, 0.15) is 0 Å². The molecule has 1 saturated heterocycles. The second kappa shape index (κ2) is 10.2. The first-order chi connectivity index (χ1) is 15.6. The van der Waals surface area contributed by atoms with Crippen molar-refractivity contribution in [3.05, 3.63) is 58.8 Å². The number of nitrogens with one attached hydrogen (secondary N) is 1. The number of carbonyl (C=O) groups is 1. The van der Waals surface area contributed by atoms with E-state index in [4.69, 9.17) is 10.1 Å². The van der Waals surface area contributed by atoms with Gasteiger partial charge in [0.05, 0.1) is 11.7 Å². The maximum Gasteiger partial charge on any atom is 0.220 e. The van der Waals surface area contributed by atoms with Gasteiger partial charge < -0.3 is 5.32 Å². The topological polar surface area (TPSA) is 75.4 Å². The molecule has 1 aliphatic heterocycles. The smallest absolute Gasteiger partial charge is 0.220 e. The number of piperidine rings is 1. The Bertz CT molecular complexity index is 1060. The van der Waals surface area contributed by atoms with Crippen LogP contribution < -0.4 is 5.32 Å². The Balaban J connectivity index is 1.57. The normalized spacial score (nSPS) is 17.0. The van der Waals surface area contributed by atoms with E-state index in [-0.39, 0.29) is 5.91 Å². The highest BCUT2D eigenvalue weighted by molar-refractivity contribution is 5.76. The molecule has 0 spiro atoms. The first-order valence-electron chi connectivity index (χ1n) is 11.8. The van der Waals surface area contributed by atoms with E-state index in [1.54, 1.807) is 0 Å². The molecule has 3 aromatic rings. The van der Waals surface area contributed by atoms with Crippen molar-refractivity contribution in [1.82, 2.24) is 29.8 Å². The number of hydrogen-bond donors (Lipinski definition) is 1. The number of likely N-dealkylation sites (tertiary alicyclic amines) is 1. The van der Waals surface area contributed by atoms with E-state index in [1.807, 2.05) is 23.8 Å². The summed E-state index contributed by atoms with van der Waals surface area (Å²) in [5, 5.41) is 7.97. The summed E-state index contributed by atoms with van der Waals surface area (Å²) in [7, 11) is 0. The summed E-state index contributed by atoms with van der Waals surface area (Å²) in [6.45, 7) is 8.90. The summed E-state index contributed by atoms with van der Waals surface area (Å²) in [4.78, 5) is 23.6. The lowest BCUT2D eigenvalue weighted by molar-refractivity contribution is -0.121. The Morgan fingerprint density at radius 1 is 1.22 bits per heavy atom. The molecule has 0 radical (unpaired) electrons. The van der Waals surface area contributed by atoms with Gasteiger partial charge in [-0.25, -0.2) is 9.50 Å². The van der Waals surface area contributed by atoms with E-state index in [9.17, 15) is 4.79 Å². The maximum atomic E-state index is 12.1. The SMILES string of the molecule is CCCNC(=O)CCc1c(C)nc2cc([C@@H]3CCCCN3Cc3ccncc3)nn2c1C. The summed E-state index contributed by atoms with van der Waals surface area (Å²) in [6.07, 6.45) is 9.38. The zero-order valence-electron chi connectivity index (χ0n) is 19.5. The average molecular weight is 435 g/mol. The zero-order valence-corrected chi connectivity index (χ0v) is 19.5. The largest absolute Gasteiger partial charge is 0.356 e. The van der Waals surface area contributed by atoms with Gasteiger partial charge in [-0.05, 0) is 69.3 Å². The van der Waals surface area contributed by atoms with Gasteiger partial charge in [0.25, 0.3) is 0 Å². The van der Waals surface area contributed by atoms with Crippen LogP contribution in [0, 0.1) is 13.8 Å². The quantitative estimate of drug-likeness (QED) is 0.581. The molecule has 1 N–H and O–H groups in total. The Kier molecular flexibility index (Phi) is 7.15. The van der Waals surface area contributed by atoms with Crippen molar-refractivity contribution in [1.29, 1.82) is 0 Å². The van der Waals surface area contributed by atoms with E-state index in [0.717, 1.165) is 60.8 Å². The number of carbonyl (C=O) groups excluding carboxylic acids is 1. The number of amides is 1. The van der Waals surface area contributed by atoms with Crippen LogP contribution in [-0.4, -0.2) is 43.5 Å². The van der Waals surface area contributed by atoms with Gasteiger partial charge in [0.2, 0.25) is 5.91 Å². The first kappa shape index (κ1) is 22.4. The summed E-state index contributed by atoms with van der Waals surface area (Å²) in [5.41, 5.74) is 6.45. The fourth-order valence-corrected chi connectivity index (χ4v) is 4.70. The van der Waals surface area contributed by atoms with Gasteiger partial charge >= 0.3 is 0 Å². The van der Waals surface area contributed by atoms with Crippen molar-refractivity contribution in [3.8, 4) is 0 Å². The number of nitrogens with zero attached hydrogens (tertiary/aromatic N) is 5. The van der Waals surface area contributed by atoms with Gasteiger partial charge in [-0.2, -0.15) is 5.10 Å². The Morgan fingerprint density at radius 3 is 2.81 bits per heavy atom. The van der Waals surface area contributed by atoms with Crippen molar-refractivity contribution in [2.24, 2.45) is 0 Å². The second-order valence-electron chi connectivity index (χ2n) is 8.79. The molecule has 0 unspecified atom stereocenters. The van der Waals surface area contributed by atoms with Crippen LogP contribution in [0.2, 0.25) is 0 Å². The monoisotopic (exact) mass is 434 g/mol. The third-order valence-corrected chi connectivity index (χ3v) is 6.45. The van der Waals surface area contributed by atoms with Gasteiger partial charge in [0.15, 0.2) is 5.65 Å².